The van der Waals surface area contributed by atoms with Crippen molar-refractivity contribution in [3.05, 3.63) is 44.4 Å². The summed E-state index contributed by atoms with van der Waals surface area (Å²) in [5, 5.41) is 0. The van der Waals surface area contributed by atoms with Gasteiger partial charge in [0.05, 0.1) is 0 Å². The lowest BCUT2D eigenvalue weighted by Gasteiger charge is -2.12. The number of aryl methyl sites for hydroxylation is 1. The van der Waals surface area contributed by atoms with Crippen molar-refractivity contribution in [2.75, 3.05) is 0 Å². The van der Waals surface area contributed by atoms with Crippen LogP contribution in [0.1, 0.15) is 31.0 Å². The van der Waals surface area contributed by atoms with Gasteiger partial charge in [-0.3, -0.25) is 0 Å². The van der Waals surface area contributed by atoms with Crippen LogP contribution in [0, 0.1) is 17.4 Å². The second-order valence-corrected chi connectivity index (χ2v) is 5.95. The summed E-state index contributed by atoms with van der Waals surface area (Å²) in [6.07, 6.45) is 0. The van der Waals surface area contributed by atoms with E-state index < -0.39 is 0 Å². The highest BCUT2D eigenvalue weighted by Gasteiger charge is 2.12. The Bertz CT molecular complexity index is 680. The second kappa shape index (κ2) is 5.51. The number of benzene rings is 1. The maximum Gasteiger partial charge on any atom is 0.140 e. The Kier molecular flexibility index (Phi) is 4.16. The van der Waals surface area contributed by atoms with E-state index in [1.54, 1.807) is 6.07 Å². The number of halogens is 2. The summed E-state index contributed by atoms with van der Waals surface area (Å²) in [7, 11) is 0. The van der Waals surface area contributed by atoms with Crippen LogP contribution >= 0.6 is 28.1 Å². The molecule has 0 fully saturated rings. The molecule has 0 saturated carbocycles. The fourth-order valence-corrected chi connectivity index (χ4v) is 3.00. The van der Waals surface area contributed by atoms with Gasteiger partial charge >= 0.3 is 0 Å². The van der Waals surface area contributed by atoms with Crippen molar-refractivity contribution in [2.24, 2.45) is 0 Å². The first-order chi connectivity index (χ1) is 8.90. The van der Waals surface area contributed by atoms with Crippen LogP contribution in [-0.4, -0.2) is 9.97 Å². The molecule has 0 saturated heterocycles. The summed E-state index contributed by atoms with van der Waals surface area (Å²) < 4.78 is 14.7. The van der Waals surface area contributed by atoms with Gasteiger partial charge in [0.1, 0.15) is 16.3 Å². The van der Waals surface area contributed by atoms with Gasteiger partial charge in [0.2, 0.25) is 0 Å². The highest BCUT2D eigenvalue weighted by Crippen LogP contribution is 2.28. The van der Waals surface area contributed by atoms with Gasteiger partial charge in [-0.25, -0.2) is 9.37 Å². The van der Waals surface area contributed by atoms with Crippen LogP contribution < -0.4 is 0 Å². The van der Waals surface area contributed by atoms with Gasteiger partial charge < -0.3 is 4.98 Å². The molecule has 0 amide bonds. The van der Waals surface area contributed by atoms with E-state index in [4.69, 9.17) is 12.2 Å². The molecule has 0 bridgehead atoms. The molecule has 0 spiro atoms. The third-order valence-corrected chi connectivity index (χ3v) is 3.92. The van der Waals surface area contributed by atoms with Crippen molar-refractivity contribution >= 4 is 28.1 Å². The lowest BCUT2D eigenvalue weighted by molar-refractivity contribution is 0.628. The Balaban J connectivity index is 2.65. The minimum Gasteiger partial charge on any atom is -0.343 e. The lowest BCUT2D eigenvalue weighted by atomic mass is 10.0. The van der Waals surface area contributed by atoms with Gasteiger partial charge in [0, 0.05) is 21.3 Å². The summed E-state index contributed by atoms with van der Waals surface area (Å²) in [5.41, 5.74) is 2.68. The number of aromatic nitrogens is 2. The lowest BCUT2D eigenvalue weighted by Crippen LogP contribution is -2.02. The minimum absolute atomic E-state index is 0.301. The van der Waals surface area contributed by atoms with Gasteiger partial charge in [-0.2, -0.15) is 0 Å². The first-order valence-corrected chi connectivity index (χ1v) is 7.16. The zero-order valence-electron chi connectivity index (χ0n) is 10.9. The molecular weight excluding hydrogens is 327 g/mol. The van der Waals surface area contributed by atoms with E-state index in [9.17, 15) is 4.39 Å². The Labute approximate surface area is 125 Å². The molecule has 5 heteroatoms. The molecule has 100 valence electrons. The smallest absolute Gasteiger partial charge is 0.140 e. The largest absolute Gasteiger partial charge is 0.343 e. The van der Waals surface area contributed by atoms with Gasteiger partial charge in [-0.15, -0.1) is 0 Å². The highest BCUT2D eigenvalue weighted by atomic mass is 79.9. The molecular formula is C14H14BrFN2S. The maximum absolute atomic E-state index is 13.4. The van der Waals surface area contributed by atoms with Gasteiger partial charge in [-0.05, 0) is 31.0 Å². The van der Waals surface area contributed by atoms with Crippen LogP contribution in [0.5, 0.6) is 0 Å². The maximum atomic E-state index is 13.4. The summed E-state index contributed by atoms with van der Waals surface area (Å²) in [5.74, 6) is 0.587. The standard InChI is InChI=1S/C14H14BrFN2S/c1-7(2)12-8(3)17-13(18-14(12)19)10-6-9(16)4-5-11(10)15/h4-7H,1-3H3,(H,17,18,19). The number of H-pyrrole nitrogens is 1. The summed E-state index contributed by atoms with van der Waals surface area (Å²) in [4.78, 5) is 7.60. The zero-order chi connectivity index (χ0) is 14.2. The highest BCUT2D eigenvalue weighted by molar-refractivity contribution is 9.10. The van der Waals surface area contributed by atoms with Crippen LogP contribution in [0.3, 0.4) is 0 Å². The summed E-state index contributed by atoms with van der Waals surface area (Å²) in [6.45, 7) is 6.11. The molecule has 1 aromatic carbocycles. The molecule has 2 aromatic rings. The molecule has 0 aliphatic carbocycles. The number of hydrogen-bond acceptors (Lipinski definition) is 2. The third kappa shape index (κ3) is 2.92. The first kappa shape index (κ1) is 14.3. The van der Waals surface area contributed by atoms with E-state index >= 15 is 0 Å². The van der Waals surface area contributed by atoms with Crippen LogP contribution in [-0.2, 0) is 0 Å². The predicted molar refractivity (Wildman–Crippen MR) is 81.3 cm³/mol. The van der Waals surface area contributed by atoms with Gasteiger partial charge in [-0.1, -0.05) is 42.0 Å². The molecule has 0 unspecified atom stereocenters. The Morgan fingerprint density at radius 3 is 2.63 bits per heavy atom. The number of hydrogen-bond donors (Lipinski definition) is 1. The van der Waals surface area contributed by atoms with Crippen LogP contribution in [0.15, 0.2) is 22.7 Å². The molecule has 2 nitrogen and oxygen atoms in total. The average molecular weight is 341 g/mol. The molecule has 1 heterocycles. The SMILES string of the molecule is Cc1[nH]c(-c2cc(F)ccc2Br)nc(=S)c1C(C)C. The normalized spacial score (nSPS) is 11.1. The second-order valence-electron chi connectivity index (χ2n) is 4.71. The van der Waals surface area contributed by atoms with Crippen molar-refractivity contribution in [1.29, 1.82) is 0 Å². The summed E-state index contributed by atoms with van der Waals surface area (Å²) in [6, 6.07) is 4.50. The Morgan fingerprint density at radius 1 is 1.37 bits per heavy atom. The number of nitrogens with one attached hydrogen (secondary N) is 1. The van der Waals surface area contributed by atoms with Gasteiger partial charge in [0.15, 0.2) is 0 Å². The van der Waals surface area contributed by atoms with Crippen LogP contribution in [0.25, 0.3) is 11.4 Å². The average Bonchev–Trinajstić information content (AvgIpc) is 2.30. The van der Waals surface area contributed by atoms with Crippen molar-refractivity contribution < 1.29 is 4.39 Å². The fraction of sp³-hybridized carbons (Fsp3) is 0.286. The quantitative estimate of drug-likeness (QED) is 0.766. The Hall–Kier alpha value is -1.07. The predicted octanol–water partition coefficient (Wildman–Crippen LogP) is 5.14. The first-order valence-electron chi connectivity index (χ1n) is 5.96. The van der Waals surface area contributed by atoms with Gasteiger partial charge in [0.25, 0.3) is 0 Å². The van der Waals surface area contributed by atoms with E-state index in [-0.39, 0.29) is 5.82 Å². The Morgan fingerprint density at radius 2 is 2.05 bits per heavy atom. The molecule has 1 N–H and O–H groups in total. The van der Waals surface area contributed by atoms with E-state index in [1.165, 1.54) is 12.1 Å². The monoisotopic (exact) mass is 340 g/mol. The molecule has 0 aliphatic rings. The van der Waals surface area contributed by atoms with Crippen molar-refractivity contribution in [2.45, 2.75) is 26.7 Å². The minimum atomic E-state index is -0.301. The summed E-state index contributed by atoms with van der Waals surface area (Å²) >= 11 is 8.74. The number of nitrogens with zero attached hydrogens (tertiary/aromatic N) is 1. The van der Waals surface area contributed by atoms with E-state index in [0.29, 0.717) is 21.9 Å². The van der Waals surface area contributed by atoms with Crippen molar-refractivity contribution in [3.8, 4) is 11.4 Å². The van der Waals surface area contributed by atoms with E-state index in [1.807, 2.05) is 6.92 Å². The van der Waals surface area contributed by atoms with E-state index in [0.717, 1.165) is 15.7 Å². The zero-order valence-corrected chi connectivity index (χ0v) is 13.3. The number of rotatable bonds is 2. The molecule has 1 aromatic heterocycles. The molecule has 19 heavy (non-hydrogen) atoms. The van der Waals surface area contributed by atoms with E-state index in [2.05, 4.69) is 39.7 Å². The fourth-order valence-electron chi connectivity index (χ4n) is 2.08. The number of aromatic amines is 1. The van der Waals surface area contributed by atoms with Crippen molar-refractivity contribution in [3.63, 3.8) is 0 Å². The molecule has 0 radical (unpaired) electrons. The molecule has 2 rings (SSSR count). The van der Waals surface area contributed by atoms with Crippen LogP contribution in [0.4, 0.5) is 4.39 Å². The molecule has 0 aliphatic heterocycles. The third-order valence-electron chi connectivity index (χ3n) is 2.91. The molecule has 0 atom stereocenters. The topological polar surface area (TPSA) is 28.7 Å². The van der Waals surface area contributed by atoms with Crippen LogP contribution in [0.2, 0.25) is 0 Å². The van der Waals surface area contributed by atoms with Crippen molar-refractivity contribution in [1.82, 2.24) is 9.97 Å².